The molecule has 3 heterocycles. The van der Waals surface area contributed by atoms with Crippen LogP contribution in [0.1, 0.15) is 18.5 Å². The van der Waals surface area contributed by atoms with Gasteiger partial charge in [0.1, 0.15) is 12.5 Å². The van der Waals surface area contributed by atoms with E-state index in [1.165, 1.54) is 0 Å². The molecule has 0 radical (unpaired) electrons. The lowest BCUT2D eigenvalue weighted by Gasteiger charge is -2.28. The molecule has 2 aromatic heterocycles. The van der Waals surface area contributed by atoms with E-state index in [1.807, 2.05) is 44.1 Å². The molecule has 0 fully saturated rings. The maximum atomic E-state index is 5.65. The molecular weight excluding hydrogens is 264 g/mol. The summed E-state index contributed by atoms with van der Waals surface area (Å²) in [6, 6.07) is 2.33. The van der Waals surface area contributed by atoms with Gasteiger partial charge in [-0.1, -0.05) is 0 Å². The van der Waals surface area contributed by atoms with Crippen molar-refractivity contribution in [3.63, 3.8) is 0 Å². The van der Waals surface area contributed by atoms with Crippen molar-refractivity contribution < 1.29 is 0 Å². The van der Waals surface area contributed by atoms with E-state index in [2.05, 4.69) is 33.0 Å². The van der Waals surface area contributed by atoms with Crippen molar-refractivity contribution >= 4 is 5.84 Å². The molecule has 0 bridgehead atoms. The van der Waals surface area contributed by atoms with Gasteiger partial charge in [0.2, 0.25) is 0 Å². The van der Waals surface area contributed by atoms with Crippen molar-refractivity contribution in [1.82, 2.24) is 19.7 Å². The summed E-state index contributed by atoms with van der Waals surface area (Å²) >= 11 is 0. The fraction of sp³-hybridized carbons (Fsp3) is 0.267. The number of hydrogen-bond donors (Lipinski definition) is 1. The molecule has 6 nitrogen and oxygen atoms in total. The molecule has 108 valence electrons. The van der Waals surface area contributed by atoms with E-state index in [4.69, 9.17) is 5.73 Å². The fourth-order valence-electron chi connectivity index (χ4n) is 2.29. The van der Waals surface area contributed by atoms with Crippen LogP contribution in [0.5, 0.6) is 0 Å². The average Bonchev–Trinajstić information content (AvgIpc) is 2.94. The molecule has 0 spiro atoms. The molecule has 1 aliphatic rings. The minimum atomic E-state index is 0.183. The van der Waals surface area contributed by atoms with Gasteiger partial charge in [0.15, 0.2) is 0 Å². The second-order valence-corrected chi connectivity index (χ2v) is 5.14. The van der Waals surface area contributed by atoms with Gasteiger partial charge in [-0.2, -0.15) is 5.10 Å². The van der Waals surface area contributed by atoms with Crippen molar-refractivity contribution in [2.75, 3.05) is 6.67 Å². The summed E-state index contributed by atoms with van der Waals surface area (Å²) < 4.78 is 1.79. The second-order valence-electron chi connectivity index (χ2n) is 5.14. The van der Waals surface area contributed by atoms with Gasteiger partial charge < -0.3 is 10.6 Å². The molecule has 21 heavy (non-hydrogen) atoms. The molecule has 2 N–H and O–H groups in total. The van der Waals surface area contributed by atoms with Gasteiger partial charge in [-0.25, -0.2) is 4.99 Å². The molecule has 1 atom stereocenters. The summed E-state index contributed by atoms with van der Waals surface area (Å²) in [4.78, 5) is 10.7. The fourth-order valence-corrected chi connectivity index (χ4v) is 2.29. The Morgan fingerprint density at radius 1 is 1.24 bits per heavy atom. The van der Waals surface area contributed by atoms with Crippen LogP contribution in [-0.2, 0) is 7.05 Å². The molecule has 6 heteroatoms. The number of rotatable bonds is 3. The van der Waals surface area contributed by atoms with Gasteiger partial charge in [0.05, 0.1) is 12.2 Å². The molecule has 0 aliphatic carbocycles. The number of pyridine rings is 1. The summed E-state index contributed by atoms with van der Waals surface area (Å²) in [7, 11) is 1.91. The van der Waals surface area contributed by atoms with Crippen LogP contribution in [0.3, 0.4) is 0 Å². The van der Waals surface area contributed by atoms with Crippen molar-refractivity contribution in [3.05, 3.63) is 48.7 Å². The highest BCUT2D eigenvalue weighted by atomic mass is 15.2. The summed E-state index contributed by atoms with van der Waals surface area (Å²) in [5.41, 5.74) is 8.92. The van der Waals surface area contributed by atoms with Crippen LogP contribution >= 0.6 is 0 Å². The third-order valence-corrected chi connectivity index (χ3v) is 3.63. The number of hydrogen-bond acceptors (Lipinski definition) is 5. The van der Waals surface area contributed by atoms with E-state index in [0.29, 0.717) is 12.5 Å². The van der Waals surface area contributed by atoms with Gasteiger partial charge in [-0.05, 0) is 24.6 Å². The Balaban J connectivity index is 1.84. The van der Waals surface area contributed by atoms with Crippen LogP contribution in [0, 0.1) is 0 Å². The highest BCUT2D eigenvalue weighted by molar-refractivity contribution is 5.91. The van der Waals surface area contributed by atoms with Crippen molar-refractivity contribution in [3.8, 4) is 11.1 Å². The van der Waals surface area contributed by atoms with Crippen molar-refractivity contribution in [2.45, 2.75) is 13.0 Å². The summed E-state index contributed by atoms with van der Waals surface area (Å²) in [5, 5.41) is 4.20. The maximum Gasteiger partial charge on any atom is 0.121 e. The smallest absolute Gasteiger partial charge is 0.121 e. The third-order valence-electron chi connectivity index (χ3n) is 3.63. The van der Waals surface area contributed by atoms with E-state index in [-0.39, 0.29) is 6.04 Å². The largest absolute Gasteiger partial charge is 0.384 e. The summed E-state index contributed by atoms with van der Waals surface area (Å²) in [6.07, 6.45) is 11.4. The van der Waals surface area contributed by atoms with Crippen LogP contribution in [0.15, 0.2) is 48.1 Å². The lowest BCUT2D eigenvalue weighted by Crippen LogP contribution is -2.27. The number of nitrogens with zero attached hydrogens (tertiary/aromatic N) is 5. The third kappa shape index (κ3) is 2.79. The highest BCUT2D eigenvalue weighted by Gasteiger charge is 2.15. The first-order valence-electron chi connectivity index (χ1n) is 6.81. The number of aliphatic imine (C=N–C) groups is 1. The molecule has 1 aliphatic heterocycles. The Kier molecular flexibility index (Phi) is 3.43. The lowest BCUT2D eigenvalue weighted by molar-refractivity contribution is 0.304. The van der Waals surface area contributed by atoms with E-state index in [0.717, 1.165) is 16.7 Å². The quantitative estimate of drug-likeness (QED) is 0.929. The molecule has 1 unspecified atom stereocenters. The molecule has 2 aromatic rings. The maximum absolute atomic E-state index is 5.65. The van der Waals surface area contributed by atoms with E-state index in [9.17, 15) is 0 Å². The second kappa shape index (κ2) is 5.40. The number of amidine groups is 1. The molecular formula is C15H18N6. The minimum Gasteiger partial charge on any atom is -0.384 e. The zero-order chi connectivity index (χ0) is 14.8. The Labute approximate surface area is 123 Å². The van der Waals surface area contributed by atoms with Crippen LogP contribution in [0.25, 0.3) is 11.1 Å². The van der Waals surface area contributed by atoms with Gasteiger partial charge in [-0.15, -0.1) is 0 Å². The first kappa shape index (κ1) is 13.4. The number of aryl methyl sites for hydroxylation is 1. The van der Waals surface area contributed by atoms with Gasteiger partial charge in [-0.3, -0.25) is 9.67 Å². The van der Waals surface area contributed by atoms with Crippen molar-refractivity contribution in [1.29, 1.82) is 0 Å². The van der Waals surface area contributed by atoms with E-state index in [1.54, 1.807) is 4.68 Å². The van der Waals surface area contributed by atoms with Gasteiger partial charge >= 0.3 is 0 Å². The number of nitrogens with two attached hydrogens (primary N) is 1. The van der Waals surface area contributed by atoms with Crippen LogP contribution in [-0.4, -0.2) is 32.2 Å². The van der Waals surface area contributed by atoms with E-state index >= 15 is 0 Å². The normalized spacial score (nSPS) is 15.9. The monoisotopic (exact) mass is 282 g/mol. The van der Waals surface area contributed by atoms with Crippen molar-refractivity contribution in [2.24, 2.45) is 17.8 Å². The van der Waals surface area contributed by atoms with Crippen LogP contribution in [0.4, 0.5) is 0 Å². The Morgan fingerprint density at radius 3 is 2.76 bits per heavy atom. The molecule has 0 amide bonds. The standard InChI is InChI=1S/C15H18N6/c1-11(21-4-3-15(16)18-10-21)12-5-13(7-17-6-12)14-8-19-20(2)9-14/h3-9,11H,10H2,1-2H3,(H2,16,18). The Bertz CT molecular complexity index is 700. The Morgan fingerprint density at radius 2 is 2.10 bits per heavy atom. The average molecular weight is 282 g/mol. The summed E-state index contributed by atoms with van der Waals surface area (Å²) in [5.74, 6) is 0.570. The highest BCUT2D eigenvalue weighted by Crippen LogP contribution is 2.25. The topological polar surface area (TPSA) is 72.3 Å². The zero-order valence-corrected chi connectivity index (χ0v) is 12.1. The molecule has 0 aromatic carbocycles. The molecule has 0 saturated heterocycles. The predicted octanol–water partition coefficient (Wildman–Crippen LogP) is 1.69. The number of aromatic nitrogens is 3. The summed E-state index contributed by atoms with van der Waals surface area (Å²) in [6.45, 7) is 2.70. The Hall–Kier alpha value is -2.63. The molecule has 0 saturated carbocycles. The minimum absolute atomic E-state index is 0.183. The molecule has 3 rings (SSSR count). The van der Waals surface area contributed by atoms with Crippen LogP contribution < -0.4 is 5.73 Å². The first-order valence-corrected chi connectivity index (χ1v) is 6.81. The zero-order valence-electron chi connectivity index (χ0n) is 12.1. The lowest BCUT2D eigenvalue weighted by atomic mass is 10.0. The van der Waals surface area contributed by atoms with Crippen LogP contribution in [0.2, 0.25) is 0 Å². The predicted molar refractivity (Wildman–Crippen MR) is 82.3 cm³/mol. The SMILES string of the molecule is CC(c1cncc(-c2cnn(C)c2)c1)N1C=CC(N)=NC1. The van der Waals surface area contributed by atoms with Gasteiger partial charge in [0.25, 0.3) is 0 Å². The van der Waals surface area contributed by atoms with E-state index < -0.39 is 0 Å². The first-order chi connectivity index (χ1) is 10.1. The van der Waals surface area contributed by atoms with Gasteiger partial charge in [0, 0.05) is 43.0 Å².